The molecule has 0 unspecified atom stereocenters. The van der Waals surface area contributed by atoms with Gasteiger partial charge in [0.1, 0.15) is 4.90 Å². The summed E-state index contributed by atoms with van der Waals surface area (Å²) in [4.78, 5) is 9.22. The molecule has 0 atom stereocenters. The first-order valence-electron chi connectivity index (χ1n) is 6.08. The molecule has 0 aliphatic heterocycles. The van der Waals surface area contributed by atoms with E-state index in [0.29, 0.717) is 5.69 Å². The van der Waals surface area contributed by atoms with E-state index in [0.717, 1.165) is 11.3 Å². The van der Waals surface area contributed by atoms with Gasteiger partial charge in [0.05, 0.1) is 18.1 Å². The van der Waals surface area contributed by atoms with Gasteiger partial charge in [-0.25, -0.2) is 18.4 Å². The molecule has 1 aromatic carbocycles. The molecule has 8 heteroatoms. The minimum absolute atomic E-state index is 0.000759. The van der Waals surface area contributed by atoms with Crippen molar-refractivity contribution in [2.24, 2.45) is 0 Å². The minimum Gasteiger partial charge on any atom is -0.377 e. The lowest BCUT2D eigenvalue weighted by Crippen LogP contribution is -2.15. The van der Waals surface area contributed by atoms with Crippen LogP contribution >= 0.6 is 11.6 Å². The molecular formula is C13H15ClN4O2S. The summed E-state index contributed by atoms with van der Waals surface area (Å²) in [6.45, 7) is 1.96. The highest BCUT2D eigenvalue weighted by atomic mass is 35.5. The van der Waals surface area contributed by atoms with Gasteiger partial charge >= 0.3 is 0 Å². The van der Waals surface area contributed by atoms with E-state index in [2.05, 4.69) is 14.7 Å². The zero-order valence-electron chi connectivity index (χ0n) is 11.8. The average Bonchev–Trinajstić information content (AvgIpc) is 2.41. The summed E-state index contributed by atoms with van der Waals surface area (Å²) in [6, 6.07) is 5.33. The molecule has 1 aromatic heterocycles. The van der Waals surface area contributed by atoms with Crippen LogP contribution in [0.15, 0.2) is 35.5 Å². The van der Waals surface area contributed by atoms with Gasteiger partial charge in [-0.1, -0.05) is 6.07 Å². The van der Waals surface area contributed by atoms with Crippen molar-refractivity contribution < 1.29 is 8.42 Å². The number of rotatable bonds is 4. The number of aromatic nitrogens is 2. The van der Waals surface area contributed by atoms with E-state index in [9.17, 15) is 8.42 Å². The molecule has 0 saturated heterocycles. The Morgan fingerprint density at radius 1 is 1.19 bits per heavy atom. The molecule has 1 N–H and O–H groups in total. The maximum atomic E-state index is 12.2. The number of benzene rings is 1. The quantitative estimate of drug-likeness (QED) is 0.873. The number of nitrogens with zero attached hydrogens (tertiary/aromatic N) is 3. The fourth-order valence-corrected chi connectivity index (χ4v) is 2.84. The Balaban J connectivity index is 2.33. The standard InChI is InChI=1S/C13H15ClN4O2S/c1-9-4-5-10(6-12(9)18(2)3)17-21(19,20)11-7-15-13(14)16-8-11/h4-8,17H,1-3H3. The van der Waals surface area contributed by atoms with Crippen molar-refractivity contribution in [3.63, 3.8) is 0 Å². The van der Waals surface area contributed by atoms with Crippen LogP contribution in [0, 0.1) is 6.92 Å². The molecule has 21 heavy (non-hydrogen) atoms. The highest BCUT2D eigenvalue weighted by Gasteiger charge is 2.16. The van der Waals surface area contributed by atoms with Crippen molar-refractivity contribution in [1.82, 2.24) is 9.97 Å². The van der Waals surface area contributed by atoms with Gasteiger partial charge in [-0.15, -0.1) is 0 Å². The van der Waals surface area contributed by atoms with Crippen molar-refractivity contribution >= 4 is 33.0 Å². The Labute approximate surface area is 128 Å². The number of hydrogen-bond donors (Lipinski definition) is 1. The molecule has 2 rings (SSSR count). The third kappa shape index (κ3) is 3.62. The lowest BCUT2D eigenvalue weighted by molar-refractivity contribution is 0.600. The van der Waals surface area contributed by atoms with E-state index < -0.39 is 10.0 Å². The van der Waals surface area contributed by atoms with E-state index in [1.165, 1.54) is 12.4 Å². The molecule has 0 bridgehead atoms. The SMILES string of the molecule is Cc1ccc(NS(=O)(=O)c2cnc(Cl)nc2)cc1N(C)C. The number of aryl methyl sites for hydroxylation is 1. The maximum absolute atomic E-state index is 12.2. The topological polar surface area (TPSA) is 75.2 Å². The summed E-state index contributed by atoms with van der Waals surface area (Å²) in [6.07, 6.45) is 2.33. The number of anilines is 2. The molecule has 6 nitrogen and oxygen atoms in total. The zero-order chi connectivity index (χ0) is 15.6. The average molecular weight is 327 g/mol. The normalized spacial score (nSPS) is 11.2. The Morgan fingerprint density at radius 2 is 1.81 bits per heavy atom. The molecule has 0 radical (unpaired) electrons. The van der Waals surface area contributed by atoms with Gasteiger partial charge in [-0.3, -0.25) is 4.72 Å². The van der Waals surface area contributed by atoms with E-state index >= 15 is 0 Å². The first-order valence-corrected chi connectivity index (χ1v) is 7.94. The second kappa shape index (κ2) is 5.87. The van der Waals surface area contributed by atoms with Gasteiger partial charge < -0.3 is 4.90 Å². The molecule has 1 heterocycles. The van der Waals surface area contributed by atoms with Gasteiger partial charge in [0.15, 0.2) is 0 Å². The first kappa shape index (κ1) is 15.5. The predicted molar refractivity (Wildman–Crippen MR) is 83.4 cm³/mol. The Bertz CT molecular complexity index is 745. The van der Waals surface area contributed by atoms with Gasteiger partial charge in [-0.05, 0) is 36.2 Å². The van der Waals surface area contributed by atoms with Gasteiger partial charge in [0.25, 0.3) is 10.0 Å². The zero-order valence-corrected chi connectivity index (χ0v) is 13.4. The van der Waals surface area contributed by atoms with Crippen molar-refractivity contribution in [3.8, 4) is 0 Å². The molecular weight excluding hydrogens is 312 g/mol. The molecule has 112 valence electrons. The molecule has 0 aliphatic carbocycles. The summed E-state index contributed by atoms with van der Waals surface area (Å²) in [5.41, 5.74) is 2.46. The molecule has 0 amide bonds. The van der Waals surface area contributed by atoms with E-state index in [1.54, 1.807) is 12.1 Å². The molecule has 2 aromatic rings. The molecule has 0 spiro atoms. The Hall–Kier alpha value is -1.86. The van der Waals surface area contributed by atoms with Gasteiger partial charge in [0.2, 0.25) is 5.28 Å². The largest absolute Gasteiger partial charge is 0.377 e. The lowest BCUT2D eigenvalue weighted by atomic mass is 10.2. The number of hydrogen-bond acceptors (Lipinski definition) is 5. The minimum atomic E-state index is -3.74. The number of nitrogens with one attached hydrogen (secondary N) is 1. The Morgan fingerprint density at radius 3 is 2.38 bits per heavy atom. The highest BCUT2D eigenvalue weighted by molar-refractivity contribution is 7.92. The van der Waals surface area contributed by atoms with Crippen LogP contribution in [0.1, 0.15) is 5.56 Å². The van der Waals surface area contributed by atoms with Crippen molar-refractivity contribution in [3.05, 3.63) is 41.4 Å². The molecule has 0 fully saturated rings. The van der Waals surface area contributed by atoms with Gasteiger partial charge in [0, 0.05) is 19.8 Å². The predicted octanol–water partition coefficient (Wildman–Crippen LogP) is 2.31. The highest BCUT2D eigenvalue weighted by Crippen LogP contribution is 2.24. The number of sulfonamides is 1. The third-order valence-electron chi connectivity index (χ3n) is 2.85. The summed E-state index contributed by atoms with van der Waals surface area (Å²) in [7, 11) is 0.0554. The Kier molecular flexibility index (Phi) is 4.34. The van der Waals surface area contributed by atoms with Crippen LogP contribution in [-0.4, -0.2) is 32.5 Å². The van der Waals surface area contributed by atoms with E-state index in [1.807, 2.05) is 32.0 Å². The van der Waals surface area contributed by atoms with Crippen molar-refractivity contribution in [1.29, 1.82) is 0 Å². The summed E-state index contributed by atoms with van der Waals surface area (Å²) in [5, 5.41) is -0.000759. The van der Waals surface area contributed by atoms with Crippen LogP contribution in [0.5, 0.6) is 0 Å². The maximum Gasteiger partial charge on any atom is 0.264 e. The summed E-state index contributed by atoms with van der Waals surface area (Å²) in [5.74, 6) is 0. The smallest absolute Gasteiger partial charge is 0.264 e. The van der Waals surface area contributed by atoms with Crippen LogP contribution in [0.2, 0.25) is 5.28 Å². The van der Waals surface area contributed by atoms with E-state index in [-0.39, 0.29) is 10.2 Å². The number of halogens is 1. The summed E-state index contributed by atoms with van der Waals surface area (Å²) < 4.78 is 27.0. The van der Waals surface area contributed by atoms with Crippen LogP contribution in [-0.2, 0) is 10.0 Å². The van der Waals surface area contributed by atoms with E-state index in [4.69, 9.17) is 11.6 Å². The van der Waals surface area contributed by atoms with Crippen LogP contribution < -0.4 is 9.62 Å². The summed E-state index contributed by atoms with van der Waals surface area (Å²) >= 11 is 5.55. The van der Waals surface area contributed by atoms with Gasteiger partial charge in [-0.2, -0.15) is 0 Å². The monoisotopic (exact) mass is 326 g/mol. The third-order valence-corrected chi connectivity index (χ3v) is 4.38. The fraction of sp³-hybridized carbons (Fsp3) is 0.231. The molecule has 0 saturated carbocycles. The van der Waals surface area contributed by atoms with Crippen molar-refractivity contribution in [2.75, 3.05) is 23.7 Å². The second-order valence-electron chi connectivity index (χ2n) is 4.69. The first-order chi connectivity index (χ1) is 9.79. The van der Waals surface area contributed by atoms with Crippen LogP contribution in [0.4, 0.5) is 11.4 Å². The van der Waals surface area contributed by atoms with Crippen molar-refractivity contribution in [2.45, 2.75) is 11.8 Å². The molecule has 0 aliphatic rings. The lowest BCUT2D eigenvalue weighted by Gasteiger charge is -2.17. The fourth-order valence-electron chi connectivity index (χ4n) is 1.81. The van der Waals surface area contributed by atoms with Crippen LogP contribution in [0.3, 0.4) is 0 Å². The second-order valence-corrected chi connectivity index (χ2v) is 6.71. The van der Waals surface area contributed by atoms with Crippen LogP contribution in [0.25, 0.3) is 0 Å².